The Labute approximate surface area is 149 Å². The first-order valence-corrected chi connectivity index (χ1v) is 8.21. The zero-order chi connectivity index (χ0) is 18.0. The number of carbonyl (C=O) groups excluding carboxylic acids is 2. The lowest BCUT2D eigenvalue weighted by atomic mass is 10.1. The summed E-state index contributed by atoms with van der Waals surface area (Å²) in [7, 11) is 0. The van der Waals surface area contributed by atoms with Crippen LogP contribution in [0.25, 0.3) is 0 Å². The first-order valence-electron chi connectivity index (χ1n) is 7.83. The molecule has 130 valence electrons. The van der Waals surface area contributed by atoms with Crippen molar-refractivity contribution in [1.82, 2.24) is 14.5 Å². The van der Waals surface area contributed by atoms with Crippen molar-refractivity contribution in [2.45, 2.75) is 19.5 Å². The molecule has 0 radical (unpaired) electrons. The molecule has 2 aromatic rings. The van der Waals surface area contributed by atoms with Crippen molar-refractivity contribution in [2.24, 2.45) is 0 Å². The van der Waals surface area contributed by atoms with Crippen LogP contribution in [0.1, 0.15) is 6.92 Å². The molecule has 0 saturated carbocycles. The van der Waals surface area contributed by atoms with Crippen LogP contribution in [0.3, 0.4) is 0 Å². The van der Waals surface area contributed by atoms with Crippen molar-refractivity contribution in [3.05, 3.63) is 58.2 Å². The minimum Gasteiger partial charge on any atom is -0.327 e. The van der Waals surface area contributed by atoms with E-state index in [1.54, 1.807) is 29.2 Å². The average molecular weight is 361 g/mol. The van der Waals surface area contributed by atoms with Gasteiger partial charge in [0.2, 0.25) is 11.8 Å². The maximum Gasteiger partial charge on any atom is 0.347 e. The molecule has 8 heteroatoms. The summed E-state index contributed by atoms with van der Waals surface area (Å²) >= 11 is 6.17. The van der Waals surface area contributed by atoms with Crippen LogP contribution in [0, 0.1) is 0 Å². The summed E-state index contributed by atoms with van der Waals surface area (Å²) in [5.74, 6) is -0.507. The Morgan fingerprint density at radius 2 is 2.04 bits per heavy atom. The molecule has 1 aliphatic heterocycles. The van der Waals surface area contributed by atoms with Gasteiger partial charge in [0.05, 0.1) is 10.7 Å². The lowest BCUT2D eigenvalue weighted by Gasteiger charge is -2.39. The van der Waals surface area contributed by atoms with Gasteiger partial charge in [0.1, 0.15) is 13.1 Å². The molecule has 1 aliphatic rings. The minimum atomic E-state index is -0.496. The monoisotopic (exact) mass is 360 g/mol. The summed E-state index contributed by atoms with van der Waals surface area (Å²) in [5.41, 5.74) is 0.140. The lowest BCUT2D eigenvalue weighted by molar-refractivity contribution is -0.139. The highest BCUT2D eigenvalue weighted by molar-refractivity contribution is 6.33. The van der Waals surface area contributed by atoms with Crippen molar-refractivity contribution >= 4 is 29.1 Å². The van der Waals surface area contributed by atoms with Gasteiger partial charge in [0.25, 0.3) is 0 Å². The van der Waals surface area contributed by atoms with Gasteiger partial charge in [-0.15, -0.1) is 0 Å². The van der Waals surface area contributed by atoms with Gasteiger partial charge < -0.3 is 9.80 Å². The van der Waals surface area contributed by atoms with Crippen LogP contribution < -0.4 is 10.6 Å². The normalized spacial score (nSPS) is 17.7. The third kappa shape index (κ3) is 3.56. The smallest absolute Gasteiger partial charge is 0.327 e. The number of hydrogen-bond acceptors (Lipinski definition) is 4. The molecular formula is C17H17ClN4O3. The van der Waals surface area contributed by atoms with E-state index in [4.69, 9.17) is 11.6 Å². The van der Waals surface area contributed by atoms with E-state index in [9.17, 15) is 14.4 Å². The predicted molar refractivity (Wildman–Crippen MR) is 93.5 cm³/mol. The van der Waals surface area contributed by atoms with Crippen LogP contribution in [-0.4, -0.2) is 45.4 Å². The third-order valence-electron chi connectivity index (χ3n) is 4.14. The maximum absolute atomic E-state index is 12.5. The Hall–Kier alpha value is -2.67. The predicted octanol–water partition coefficient (Wildman–Crippen LogP) is 1.16. The van der Waals surface area contributed by atoms with Gasteiger partial charge in [0.15, 0.2) is 0 Å². The van der Waals surface area contributed by atoms with E-state index in [0.29, 0.717) is 17.3 Å². The largest absolute Gasteiger partial charge is 0.347 e. The van der Waals surface area contributed by atoms with Gasteiger partial charge in [-0.3, -0.25) is 14.2 Å². The van der Waals surface area contributed by atoms with Gasteiger partial charge in [-0.25, -0.2) is 9.78 Å². The average Bonchev–Trinajstić information content (AvgIpc) is 2.59. The summed E-state index contributed by atoms with van der Waals surface area (Å²) in [6.07, 6.45) is 2.87. The standard InChI is InChI=1S/C17H17ClN4O3/c1-12-9-22(14-6-3-2-5-13(14)18)16(24)11-21(12)15(23)10-20-8-4-7-19-17(20)25/h2-8,12H,9-11H2,1H3/t12-/m0/s1. The molecule has 1 aromatic carbocycles. The molecule has 1 atom stereocenters. The number of piperazine rings is 1. The molecule has 2 heterocycles. The maximum atomic E-state index is 12.5. The van der Waals surface area contributed by atoms with Crippen LogP contribution in [-0.2, 0) is 16.1 Å². The molecule has 0 aliphatic carbocycles. The Morgan fingerprint density at radius 3 is 2.76 bits per heavy atom. The molecule has 0 bridgehead atoms. The molecule has 25 heavy (non-hydrogen) atoms. The highest BCUT2D eigenvalue weighted by Crippen LogP contribution is 2.27. The molecule has 1 saturated heterocycles. The van der Waals surface area contributed by atoms with Crippen molar-refractivity contribution in [1.29, 1.82) is 0 Å². The molecule has 0 unspecified atom stereocenters. The van der Waals surface area contributed by atoms with Gasteiger partial charge >= 0.3 is 5.69 Å². The van der Waals surface area contributed by atoms with Crippen molar-refractivity contribution in [3.63, 3.8) is 0 Å². The summed E-state index contributed by atoms with van der Waals surface area (Å²) in [4.78, 5) is 43.4. The second-order valence-corrected chi connectivity index (χ2v) is 6.26. The van der Waals surface area contributed by atoms with E-state index in [1.165, 1.54) is 21.9 Å². The van der Waals surface area contributed by atoms with E-state index in [0.717, 1.165) is 0 Å². The number of rotatable bonds is 3. The van der Waals surface area contributed by atoms with Crippen molar-refractivity contribution in [2.75, 3.05) is 18.0 Å². The number of anilines is 1. The fourth-order valence-electron chi connectivity index (χ4n) is 2.83. The number of benzene rings is 1. The lowest BCUT2D eigenvalue weighted by Crippen LogP contribution is -2.58. The minimum absolute atomic E-state index is 0.0553. The summed E-state index contributed by atoms with van der Waals surface area (Å²) in [5, 5.41) is 0.490. The fourth-order valence-corrected chi connectivity index (χ4v) is 3.07. The zero-order valence-corrected chi connectivity index (χ0v) is 14.4. The quantitative estimate of drug-likeness (QED) is 0.823. The van der Waals surface area contributed by atoms with E-state index in [-0.39, 0.29) is 30.9 Å². The van der Waals surface area contributed by atoms with Crippen LogP contribution >= 0.6 is 11.6 Å². The number of carbonyl (C=O) groups is 2. The van der Waals surface area contributed by atoms with E-state index in [2.05, 4.69) is 4.98 Å². The molecule has 1 fully saturated rings. The Bertz CT molecular complexity index is 867. The fraction of sp³-hybridized carbons (Fsp3) is 0.294. The summed E-state index contributed by atoms with van der Waals surface area (Å²) in [6, 6.07) is 8.49. The van der Waals surface area contributed by atoms with Crippen molar-refractivity contribution in [3.8, 4) is 0 Å². The molecular weight excluding hydrogens is 344 g/mol. The summed E-state index contributed by atoms with van der Waals surface area (Å²) in [6.45, 7) is 2.01. The highest BCUT2D eigenvalue weighted by Gasteiger charge is 2.33. The van der Waals surface area contributed by atoms with Gasteiger partial charge in [0, 0.05) is 25.0 Å². The van der Waals surface area contributed by atoms with Gasteiger partial charge in [-0.05, 0) is 25.1 Å². The molecule has 7 nitrogen and oxygen atoms in total. The number of para-hydroxylation sites is 1. The van der Waals surface area contributed by atoms with E-state index in [1.807, 2.05) is 13.0 Å². The highest BCUT2D eigenvalue weighted by atomic mass is 35.5. The molecule has 0 spiro atoms. The topological polar surface area (TPSA) is 75.5 Å². The van der Waals surface area contributed by atoms with Crippen LogP contribution in [0.2, 0.25) is 5.02 Å². The molecule has 1 aromatic heterocycles. The Balaban J connectivity index is 1.75. The van der Waals surface area contributed by atoms with Crippen molar-refractivity contribution < 1.29 is 9.59 Å². The Kier molecular flexibility index (Phi) is 4.85. The third-order valence-corrected chi connectivity index (χ3v) is 4.46. The first-order chi connectivity index (χ1) is 12.0. The SMILES string of the molecule is C[C@H]1CN(c2ccccc2Cl)C(=O)CN1C(=O)Cn1cccnc1=O. The molecule has 3 rings (SSSR count). The Morgan fingerprint density at radius 1 is 1.28 bits per heavy atom. The van der Waals surface area contributed by atoms with Gasteiger partial charge in [-0.2, -0.15) is 0 Å². The summed E-state index contributed by atoms with van der Waals surface area (Å²) < 4.78 is 1.22. The number of nitrogens with zero attached hydrogens (tertiary/aromatic N) is 4. The number of hydrogen-bond donors (Lipinski definition) is 0. The number of aromatic nitrogens is 2. The van der Waals surface area contributed by atoms with Crippen LogP contribution in [0.5, 0.6) is 0 Å². The molecule has 0 N–H and O–H groups in total. The second-order valence-electron chi connectivity index (χ2n) is 5.86. The van der Waals surface area contributed by atoms with E-state index >= 15 is 0 Å². The van der Waals surface area contributed by atoms with Crippen LogP contribution in [0.15, 0.2) is 47.5 Å². The van der Waals surface area contributed by atoms with Crippen LogP contribution in [0.4, 0.5) is 5.69 Å². The zero-order valence-electron chi connectivity index (χ0n) is 13.6. The van der Waals surface area contributed by atoms with Gasteiger partial charge in [-0.1, -0.05) is 23.7 Å². The number of amides is 2. The number of halogens is 1. The first kappa shape index (κ1) is 17.2. The molecule has 2 amide bonds. The van der Waals surface area contributed by atoms with E-state index < -0.39 is 5.69 Å². The second kappa shape index (κ2) is 7.06.